The van der Waals surface area contributed by atoms with E-state index < -0.39 is 22.9 Å². The summed E-state index contributed by atoms with van der Waals surface area (Å²) in [6.45, 7) is 12.0. The Morgan fingerprint density at radius 2 is 1.59 bits per heavy atom. The highest BCUT2D eigenvalue weighted by Gasteiger charge is 2.36. The quantitative estimate of drug-likeness (QED) is 0.737. The lowest BCUT2D eigenvalue weighted by atomic mass is 9.88. The van der Waals surface area contributed by atoms with Crippen LogP contribution in [0.4, 0.5) is 4.79 Å². The summed E-state index contributed by atoms with van der Waals surface area (Å²) in [6.07, 6.45) is -0.593. The largest absolute Gasteiger partial charge is 0.445 e. The van der Waals surface area contributed by atoms with Gasteiger partial charge in [0.2, 0.25) is 0 Å². The third-order valence-electron chi connectivity index (χ3n) is 2.40. The number of rotatable bonds is 4. The molecule has 1 amide bonds. The summed E-state index contributed by atoms with van der Waals surface area (Å²) < 4.78 is 10.3. The van der Waals surface area contributed by atoms with Gasteiger partial charge in [-0.2, -0.15) is 0 Å². The smallest absolute Gasteiger partial charge is 0.441 e. The van der Waals surface area contributed by atoms with Gasteiger partial charge in [-0.1, -0.05) is 0 Å². The summed E-state index contributed by atoms with van der Waals surface area (Å²) in [6, 6.07) is 0. The molecule has 0 aliphatic carbocycles. The van der Waals surface area contributed by atoms with Gasteiger partial charge >= 0.3 is 13.7 Å². The monoisotopic (exact) mass is 244 g/mol. The molecule has 17 heavy (non-hydrogen) atoms. The van der Waals surface area contributed by atoms with Crippen molar-refractivity contribution < 1.29 is 19.3 Å². The van der Waals surface area contributed by atoms with Gasteiger partial charge in [0.05, 0.1) is 11.2 Å². The minimum atomic E-state index is -1.03. The highest BCUT2D eigenvalue weighted by Crippen LogP contribution is 2.23. The number of ether oxygens (including phenoxy) is 1. The molecule has 2 N–H and O–H groups in total. The van der Waals surface area contributed by atoms with E-state index >= 15 is 0 Å². The zero-order chi connectivity index (χ0) is 13.9. The molecule has 0 atom stereocenters. The van der Waals surface area contributed by atoms with Crippen LogP contribution in [0.25, 0.3) is 0 Å². The second kappa shape index (κ2) is 5.27. The molecule has 0 aromatic heterocycles. The van der Waals surface area contributed by atoms with Crippen molar-refractivity contribution in [3.05, 3.63) is 0 Å². The topological polar surface area (TPSA) is 67.8 Å². The second-order valence-electron chi connectivity index (χ2n) is 5.95. The third kappa shape index (κ3) is 6.53. The van der Waals surface area contributed by atoms with Crippen LogP contribution < -0.4 is 5.23 Å². The molecule has 0 saturated heterocycles. The summed E-state index contributed by atoms with van der Waals surface area (Å²) in [5.74, 6) is 0. The second-order valence-corrected chi connectivity index (χ2v) is 5.95. The highest BCUT2D eigenvalue weighted by molar-refractivity contribution is 6.29. The van der Waals surface area contributed by atoms with Crippen molar-refractivity contribution in [2.24, 2.45) is 0 Å². The van der Waals surface area contributed by atoms with Crippen LogP contribution in [0.15, 0.2) is 0 Å². The van der Waals surface area contributed by atoms with Crippen molar-refractivity contribution in [3.63, 3.8) is 0 Å². The van der Waals surface area contributed by atoms with E-state index in [4.69, 9.17) is 9.39 Å². The Morgan fingerprint density at radius 1 is 1.12 bits per heavy atom. The lowest BCUT2D eigenvalue weighted by Gasteiger charge is -2.37. The highest BCUT2D eigenvalue weighted by atomic mass is 16.6. The van der Waals surface area contributed by atoms with Gasteiger partial charge in [0.25, 0.3) is 0 Å². The standard InChI is InChI=1S/C11H23BNO4/c1-9(2,3)16-8(14)13-12-17-11(6,7)10(4,5)15/h15H,1-7H3,(H,13,14). The van der Waals surface area contributed by atoms with Crippen molar-refractivity contribution >= 4 is 13.7 Å². The van der Waals surface area contributed by atoms with E-state index in [2.05, 4.69) is 5.23 Å². The van der Waals surface area contributed by atoms with Gasteiger partial charge in [-0.3, -0.25) is 0 Å². The van der Waals surface area contributed by atoms with Crippen molar-refractivity contribution in [2.75, 3.05) is 0 Å². The molecule has 0 spiro atoms. The molecule has 0 aromatic rings. The summed E-state index contributed by atoms with van der Waals surface area (Å²) in [5.41, 5.74) is -2.40. The van der Waals surface area contributed by atoms with E-state index in [0.717, 1.165) is 7.62 Å². The Kier molecular flexibility index (Phi) is 5.04. The first-order chi connectivity index (χ1) is 7.35. The van der Waals surface area contributed by atoms with Gasteiger partial charge in [-0.15, -0.1) is 0 Å². The molecule has 0 unspecified atom stereocenters. The van der Waals surface area contributed by atoms with Gasteiger partial charge in [-0.25, -0.2) is 4.79 Å². The molecule has 0 aliphatic rings. The van der Waals surface area contributed by atoms with Crippen LogP contribution in [-0.2, 0) is 9.39 Å². The van der Waals surface area contributed by atoms with E-state index in [1.54, 1.807) is 48.5 Å². The van der Waals surface area contributed by atoms with Crippen LogP contribution in [0.2, 0.25) is 0 Å². The Balaban J connectivity index is 4.05. The van der Waals surface area contributed by atoms with Crippen LogP contribution in [-0.4, -0.2) is 35.6 Å². The molecule has 0 bridgehead atoms. The van der Waals surface area contributed by atoms with Gasteiger partial charge < -0.3 is 19.7 Å². The summed E-state index contributed by atoms with van der Waals surface area (Å²) in [7, 11) is 1.13. The number of amides is 1. The molecule has 5 nitrogen and oxygen atoms in total. The third-order valence-corrected chi connectivity index (χ3v) is 2.40. The first-order valence-electron chi connectivity index (χ1n) is 5.56. The van der Waals surface area contributed by atoms with Gasteiger partial charge in [0.1, 0.15) is 5.60 Å². The van der Waals surface area contributed by atoms with Crippen LogP contribution in [0.1, 0.15) is 48.5 Å². The number of carbonyl (C=O) groups excluding carboxylic acids is 1. The maximum absolute atomic E-state index is 11.3. The van der Waals surface area contributed by atoms with Crippen molar-refractivity contribution in [1.29, 1.82) is 0 Å². The maximum atomic E-state index is 11.3. The Morgan fingerprint density at radius 3 is 1.94 bits per heavy atom. The van der Waals surface area contributed by atoms with E-state index in [0.29, 0.717) is 0 Å². The Bertz CT molecular complexity index is 266. The van der Waals surface area contributed by atoms with Crippen LogP contribution in [0.3, 0.4) is 0 Å². The molecular formula is C11H23BNO4. The van der Waals surface area contributed by atoms with Gasteiger partial charge in [0, 0.05) is 0 Å². The molecule has 0 aliphatic heterocycles. The fourth-order valence-corrected chi connectivity index (χ4v) is 0.677. The fraction of sp³-hybridized carbons (Fsp3) is 0.909. The molecule has 0 aromatic carbocycles. The van der Waals surface area contributed by atoms with Crippen molar-refractivity contribution in [1.82, 2.24) is 5.23 Å². The minimum Gasteiger partial charge on any atom is -0.445 e. The minimum absolute atomic E-state index is 0.552. The maximum Gasteiger partial charge on any atom is 0.441 e. The Labute approximate surface area is 104 Å². The molecule has 0 heterocycles. The van der Waals surface area contributed by atoms with Gasteiger partial charge in [-0.05, 0) is 48.5 Å². The number of nitrogens with one attached hydrogen (secondary N) is 1. The zero-order valence-electron chi connectivity index (χ0n) is 11.7. The predicted octanol–water partition coefficient (Wildman–Crippen LogP) is 1.61. The number of carbonyl (C=O) groups is 1. The van der Waals surface area contributed by atoms with Crippen LogP contribution in [0.5, 0.6) is 0 Å². The average molecular weight is 244 g/mol. The van der Waals surface area contributed by atoms with Gasteiger partial charge in [0.15, 0.2) is 0 Å². The number of hydrogen-bond acceptors (Lipinski definition) is 4. The van der Waals surface area contributed by atoms with E-state index in [-0.39, 0.29) is 0 Å². The van der Waals surface area contributed by atoms with E-state index in [9.17, 15) is 9.90 Å². The molecule has 0 saturated carbocycles. The lowest BCUT2D eigenvalue weighted by Crippen LogP contribution is -2.50. The molecule has 0 fully saturated rings. The number of hydrogen-bond donors (Lipinski definition) is 2. The average Bonchev–Trinajstić information content (AvgIpc) is 1.97. The van der Waals surface area contributed by atoms with Crippen molar-refractivity contribution in [3.8, 4) is 0 Å². The lowest BCUT2D eigenvalue weighted by molar-refractivity contribution is -0.0912. The fourth-order valence-electron chi connectivity index (χ4n) is 0.677. The normalized spacial score (nSPS) is 13.2. The molecule has 1 radical (unpaired) electrons. The molecule has 99 valence electrons. The first kappa shape index (κ1) is 16.3. The number of aliphatic hydroxyl groups is 1. The zero-order valence-corrected chi connectivity index (χ0v) is 11.7. The van der Waals surface area contributed by atoms with E-state index in [1.165, 1.54) is 0 Å². The van der Waals surface area contributed by atoms with E-state index in [1.807, 2.05) is 0 Å². The molecule has 0 rings (SSSR count). The summed E-state index contributed by atoms with van der Waals surface area (Å²) in [5, 5.41) is 12.2. The first-order valence-corrected chi connectivity index (χ1v) is 5.56. The SMILES string of the molecule is CC(C)(C)OC(=O)N[B]OC(C)(C)C(C)(C)O. The summed E-state index contributed by atoms with van der Waals surface area (Å²) >= 11 is 0. The van der Waals surface area contributed by atoms with Crippen LogP contribution in [0, 0.1) is 0 Å². The molecular weight excluding hydrogens is 221 g/mol. The van der Waals surface area contributed by atoms with Crippen molar-refractivity contribution in [2.45, 2.75) is 65.3 Å². The Hall–Kier alpha value is -0.745. The van der Waals surface area contributed by atoms with Crippen LogP contribution >= 0.6 is 0 Å². The molecule has 6 heteroatoms. The predicted molar refractivity (Wildman–Crippen MR) is 66.6 cm³/mol. The summed E-state index contributed by atoms with van der Waals surface area (Å²) in [4.78, 5) is 11.3.